The SMILES string of the molecule is NNC(=O)C(=O)Nc1ccc(F)c(C(F)(F)F)c1. The maximum atomic E-state index is 12.9. The van der Waals surface area contributed by atoms with Gasteiger partial charge in [-0.1, -0.05) is 0 Å². The lowest BCUT2D eigenvalue weighted by Gasteiger charge is -2.10. The van der Waals surface area contributed by atoms with Crippen molar-refractivity contribution < 1.29 is 27.2 Å². The van der Waals surface area contributed by atoms with Crippen molar-refractivity contribution in [2.75, 3.05) is 5.32 Å². The summed E-state index contributed by atoms with van der Waals surface area (Å²) in [6.07, 6.45) is -4.90. The largest absolute Gasteiger partial charge is 0.419 e. The van der Waals surface area contributed by atoms with Gasteiger partial charge in [0.2, 0.25) is 0 Å². The quantitative estimate of drug-likeness (QED) is 0.230. The third-order valence-electron chi connectivity index (χ3n) is 1.87. The van der Waals surface area contributed by atoms with E-state index in [0.29, 0.717) is 12.1 Å². The first kappa shape index (κ1) is 13.9. The number of alkyl halides is 3. The number of rotatable bonds is 1. The molecular weight excluding hydrogens is 258 g/mol. The maximum Gasteiger partial charge on any atom is 0.419 e. The zero-order chi connectivity index (χ0) is 13.9. The molecule has 0 unspecified atom stereocenters. The van der Waals surface area contributed by atoms with Crippen molar-refractivity contribution in [1.29, 1.82) is 0 Å². The highest BCUT2D eigenvalue weighted by Crippen LogP contribution is 2.32. The van der Waals surface area contributed by atoms with Gasteiger partial charge < -0.3 is 5.32 Å². The Labute approximate surface area is 97.9 Å². The summed E-state index contributed by atoms with van der Waals surface area (Å²) in [7, 11) is 0. The zero-order valence-electron chi connectivity index (χ0n) is 8.64. The van der Waals surface area contributed by atoms with E-state index in [2.05, 4.69) is 5.84 Å². The predicted octanol–water partition coefficient (Wildman–Crippen LogP) is 0.773. The summed E-state index contributed by atoms with van der Waals surface area (Å²) in [5.41, 5.74) is -0.431. The van der Waals surface area contributed by atoms with Crippen molar-refractivity contribution in [2.24, 2.45) is 5.84 Å². The van der Waals surface area contributed by atoms with Gasteiger partial charge in [-0.3, -0.25) is 15.0 Å². The predicted molar refractivity (Wildman–Crippen MR) is 52.4 cm³/mol. The fraction of sp³-hybridized carbons (Fsp3) is 0.111. The smallest absolute Gasteiger partial charge is 0.318 e. The molecule has 0 bridgehead atoms. The van der Waals surface area contributed by atoms with Crippen molar-refractivity contribution in [3.05, 3.63) is 29.6 Å². The van der Waals surface area contributed by atoms with Crippen LogP contribution in [0.4, 0.5) is 23.2 Å². The van der Waals surface area contributed by atoms with E-state index in [1.165, 1.54) is 5.43 Å². The molecule has 1 aromatic carbocycles. The molecule has 98 valence electrons. The summed E-state index contributed by atoms with van der Waals surface area (Å²) in [4.78, 5) is 21.7. The normalized spacial score (nSPS) is 10.9. The van der Waals surface area contributed by atoms with Crippen LogP contribution in [0.1, 0.15) is 5.56 Å². The van der Waals surface area contributed by atoms with Gasteiger partial charge in [-0.05, 0) is 18.2 Å². The number of hydrazine groups is 1. The van der Waals surface area contributed by atoms with E-state index >= 15 is 0 Å². The number of nitrogens with two attached hydrogens (primary N) is 1. The molecule has 9 heteroatoms. The van der Waals surface area contributed by atoms with E-state index in [4.69, 9.17) is 0 Å². The lowest BCUT2D eigenvalue weighted by molar-refractivity contribution is -0.140. The Balaban J connectivity index is 3.00. The summed E-state index contributed by atoms with van der Waals surface area (Å²) in [5, 5.41) is 1.83. The third kappa shape index (κ3) is 3.17. The van der Waals surface area contributed by atoms with Crippen molar-refractivity contribution in [3.8, 4) is 0 Å². The lowest BCUT2D eigenvalue weighted by Crippen LogP contribution is -2.39. The fourth-order valence-corrected chi connectivity index (χ4v) is 1.07. The molecule has 0 saturated carbocycles. The summed E-state index contributed by atoms with van der Waals surface area (Å²) in [6.45, 7) is 0. The van der Waals surface area contributed by atoms with Gasteiger partial charge in [0.25, 0.3) is 0 Å². The van der Waals surface area contributed by atoms with Crippen molar-refractivity contribution in [1.82, 2.24) is 5.43 Å². The van der Waals surface area contributed by atoms with E-state index in [-0.39, 0.29) is 5.69 Å². The maximum absolute atomic E-state index is 12.9. The van der Waals surface area contributed by atoms with Gasteiger partial charge in [0.1, 0.15) is 5.82 Å². The summed E-state index contributed by atoms with van der Waals surface area (Å²) < 4.78 is 49.9. The van der Waals surface area contributed by atoms with Crippen LogP contribution in [0, 0.1) is 5.82 Å². The van der Waals surface area contributed by atoms with E-state index in [0.717, 1.165) is 6.07 Å². The zero-order valence-corrected chi connectivity index (χ0v) is 8.64. The highest BCUT2D eigenvalue weighted by molar-refractivity contribution is 6.39. The molecule has 4 N–H and O–H groups in total. The molecule has 0 saturated heterocycles. The van der Waals surface area contributed by atoms with Crippen molar-refractivity contribution >= 4 is 17.5 Å². The standard InChI is InChI=1S/C9H7F4N3O2/c10-6-2-1-4(3-5(6)9(11,12)13)15-7(17)8(18)16-14/h1-3H,14H2,(H,15,17)(H,16,18). The summed E-state index contributed by atoms with van der Waals surface area (Å²) in [5.74, 6) is 0.658. The molecule has 0 aromatic heterocycles. The average molecular weight is 265 g/mol. The van der Waals surface area contributed by atoms with Gasteiger partial charge in [0.15, 0.2) is 0 Å². The van der Waals surface area contributed by atoms with E-state index in [1.54, 1.807) is 0 Å². The molecule has 1 aromatic rings. The minimum Gasteiger partial charge on any atom is -0.318 e. The fourth-order valence-electron chi connectivity index (χ4n) is 1.07. The van der Waals surface area contributed by atoms with Gasteiger partial charge in [-0.15, -0.1) is 0 Å². The highest BCUT2D eigenvalue weighted by atomic mass is 19.4. The molecule has 5 nitrogen and oxygen atoms in total. The number of hydrogen-bond donors (Lipinski definition) is 3. The minimum absolute atomic E-state index is 0.372. The van der Waals surface area contributed by atoms with Crippen LogP contribution in [-0.4, -0.2) is 11.8 Å². The van der Waals surface area contributed by atoms with Crippen LogP contribution in [0.25, 0.3) is 0 Å². The number of carbonyl (C=O) groups excluding carboxylic acids is 2. The van der Waals surface area contributed by atoms with Gasteiger partial charge >= 0.3 is 18.0 Å². The second-order valence-corrected chi connectivity index (χ2v) is 3.12. The summed E-state index contributed by atoms with van der Waals surface area (Å²) >= 11 is 0. The van der Waals surface area contributed by atoms with Gasteiger partial charge in [-0.2, -0.15) is 13.2 Å². The Morgan fingerprint density at radius 1 is 1.17 bits per heavy atom. The first-order valence-corrected chi connectivity index (χ1v) is 4.44. The second kappa shape index (κ2) is 5.00. The first-order chi connectivity index (χ1) is 8.25. The Hall–Kier alpha value is -2.16. The number of halogens is 4. The Morgan fingerprint density at radius 3 is 2.28 bits per heavy atom. The monoisotopic (exact) mass is 265 g/mol. The molecule has 0 radical (unpaired) electrons. The Morgan fingerprint density at radius 2 is 1.78 bits per heavy atom. The number of hydrogen-bond acceptors (Lipinski definition) is 3. The lowest BCUT2D eigenvalue weighted by atomic mass is 10.2. The van der Waals surface area contributed by atoms with Crippen LogP contribution in [0.5, 0.6) is 0 Å². The number of carbonyl (C=O) groups is 2. The van der Waals surface area contributed by atoms with Crippen LogP contribution in [0.3, 0.4) is 0 Å². The molecule has 0 fully saturated rings. The molecule has 0 aliphatic rings. The molecule has 0 atom stereocenters. The molecule has 2 amide bonds. The van der Waals surface area contributed by atoms with Crippen molar-refractivity contribution in [2.45, 2.75) is 6.18 Å². The molecule has 1 rings (SSSR count). The average Bonchev–Trinajstić information content (AvgIpc) is 2.29. The third-order valence-corrected chi connectivity index (χ3v) is 1.87. The van der Waals surface area contributed by atoms with Gasteiger partial charge in [-0.25, -0.2) is 10.2 Å². The number of nitrogens with one attached hydrogen (secondary N) is 2. The molecule has 0 heterocycles. The summed E-state index contributed by atoms with van der Waals surface area (Å²) in [6, 6.07) is 1.78. The van der Waals surface area contributed by atoms with Crippen LogP contribution in [-0.2, 0) is 15.8 Å². The van der Waals surface area contributed by atoms with Crippen molar-refractivity contribution in [3.63, 3.8) is 0 Å². The Kier molecular flexibility index (Phi) is 3.86. The van der Waals surface area contributed by atoms with E-state index in [9.17, 15) is 27.2 Å². The highest BCUT2D eigenvalue weighted by Gasteiger charge is 2.34. The Bertz CT molecular complexity index is 487. The van der Waals surface area contributed by atoms with Crippen LogP contribution >= 0.6 is 0 Å². The van der Waals surface area contributed by atoms with Crippen LogP contribution in [0.15, 0.2) is 18.2 Å². The van der Waals surface area contributed by atoms with Crippen LogP contribution in [0.2, 0.25) is 0 Å². The number of amides is 2. The molecule has 0 spiro atoms. The number of anilines is 1. The molecule has 0 aliphatic carbocycles. The minimum atomic E-state index is -4.90. The molecule has 0 aliphatic heterocycles. The van der Waals surface area contributed by atoms with Crippen LogP contribution < -0.4 is 16.6 Å². The van der Waals surface area contributed by atoms with E-state index in [1.807, 2.05) is 5.32 Å². The number of benzene rings is 1. The topological polar surface area (TPSA) is 84.2 Å². The molecule has 18 heavy (non-hydrogen) atoms. The molecular formula is C9H7F4N3O2. The second-order valence-electron chi connectivity index (χ2n) is 3.12. The van der Waals surface area contributed by atoms with Gasteiger partial charge in [0, 0.05) is 5.69 Å². The first-order valence-electron chi connectivity index (χ1n) is 4.44. The van der Waals surface area contributed by atoms with Gasteiger partial charge in [0.05, 0.1) is 5.56 Å². The van der Waals surface area contributed by atoms with E-state index < -0.39 is 29.4 Å².